The summed E-state index contributed by atoms with van der Waals surface area (Å²) in [5, 5.41) is 13.8. The first-order valence-electron chi connectivity index (χ1n) is 10.2. The van der Waals surface area contributed by atoms with Crippen molar-refractivity contribution in [3.8, 4) is 6.07 Å². The van der Waals surface area contributed by atoms with Gasteiger partial charge in [-0.25, -0.2) is 4.79 Å². The summed E-state index contributed by atoms with van der Waals surface area (Å²) in [7, 11) is 0. The maximum absolute atomic E-state index is 12.4. The summed E-state index contributed by atoms with van der Waals surface area (Å²) in [6.45, 7) is 4.53. The molecule has 0 bridgehead atoms. The van der Waals surface area contributed by atoms with Crippen molar-refractivity contribution in [3.63, 3.8) is 0 Å². The highest BCUT2D eigenvalue weighted by molar-refractivity contribution is 5.98. The van der Waals surface area contributed by atoms with Gasteiger partial charge in [-0.2, -0.15) is 5.26 Å². The van der Waals surface area contributed by atoms with Crippen LogP contribution in [0.2, 0.25) is 0 Å². The van der Waals surface area contributed by atoms with Crippen LogP contribution in [0.15, 0.2) is 48.5 Å². The minimum absolute atomic E-state index is 0.234. The molecule has 1 atom stereocenters. The van der Waals surface area contributed by atoms with Crippen molar-refractivity contribution in [3.05, 3.63) is 54.1 Å². The number of carbonyl (C=O) groups excluding carboxylic acids is 3. The molecule has 2 N–H and O–H groups in total. The van der Waals surface area contributed by atoms with E-state index in [1.807, 2.05) is 12.1 Å². The molecule has 2 amide bonds. The first-order valence-corrected chi connectivity index (χ1v) is 10.2. The van der Waals surface area contributed by atoms with Crippen molar-refractivity contribution in [1.29, 1.82) is 5.26 Å². The smallest absolute Gasteiger partial charge is 0.338 e. The molecule has 2 aromatic carbocycles. The van der Waals surface area contributed by atoms with Gasteiger partial charge in [0.1, 0.15) is 6.42 Å². The lowest BCUT2D eigenvalue weighted by Crippen LogP contribution is -2.36. The van der Waals surface area contributed by atoms with Gasteiger partial charge in [-0.3, -0.25) is 9.59 Å². The van der Waals surface area contributed by atoms with Gasteiger partial charge in [-0.05, 0) is 55.5 Å². The lowest BCUT2D eigenvalue weighted by Gasteiger charge is -2.28. The molecule has 0 spiro atoms. The second-order valence-corrected chi connectivity index (χ2v) is 7.14. The zero-order valence-electron chi connectivity index (χ0n) is 17.7. The van der Waals surface area contributed by atoms with Gasteiger partial charge in [0.05, 0.1) is 24.8 Å². The Hall–Kier alpha value is -3.90. The first-order chi connectivity index (χ1) is 15.5. The van der Waals surface area contributed by atoms with E-state index >= 15 is 0 Å². The van der Waals surface area contributed by atoms with Crippen molar-refractivity contribution in [2.24, 2.45) is 0 Å². The van der Waals surface area contributed by atoms with Crippen LogP contribution in [0.5, 0.6) is 0 Å². The quantitative estimate of drug-likeness (QED) is 0.640. The first kappa shape index (κ1) is 22.8. The van der Waals surface area contributed by atoms with Gasteiger partial charge < -0.3 is 25.0 Å². The van der Waals surface area contributed by atoms with Crippen LogP contribution in [0.25, 0.3) is 0 Å². The van der Waals surface area contributed by atoms with Gasteiger partial charge in [0.15, 0.2) is 6.10 Å². The topological polar surface area (TPSA) is 121 Å². The highest BCUT2D eigenvalue weighted by Crippen LogP contribution is 2.19. The number of morpholine rings is 1. The van der Waals surface area contributed by atoms with Crippen LogP contribution in [-0.4, -0.2) is 50.2 Å². The number of carbonyl (C=O) groups is 3. The molecule has 0 unspecified atom stereocenters. The molecular formula is C23H24N4O5. The van der Waals surface area contributed by atoms with Gasteiger partial charge >= 0.3 is 5.97 Å². The highest BCUT2D eigenvalue weighted by Gasteiger charge is 2.19. The third-order valence-corrected chi connectivity index (χ3v) is 4.81. The molecule has 0 radical (unpaired) electrons. The molecule has 0 saturated carbocycles. The van der Waals surface area contributed by atoms with Gasteiger partial charge in [0, 0.05) is 30.2 Å². The number of nitrogens with zero attached hydrogens (tertiary/aromatic N) is 2. The Morgan fingerprint density at radius 1 is 1.03 bits per heavy atom. The summed E-state index contributed by atoms with van der Waals surface area (Å²) in [6, 6.07) is 15.2. The van der Waals surface area contributed by atoms with Crippen LogP contribution in [0.4, 0.5) is 17.1 Å². The normalized spacial score (nSPS) is 14.1. The second-order valence-electron chi connectivity index (χ2n) is 7.14. The molecule has 1 saturated heterocycles. The number of amides is 2. The molecule has 0 aliphatic carbocycles. The second kappa shape index (κ2) is 10.9. The molecule has 166 valence electrons. The van der Waals surface area contributed by atoms with Crippen molar-refractivity contribution in [1.82, 2.24) is 0 Å². The van der Waals surface area contributed by atoms with E-state index < -0.39 is 23.9 Å². The van der Waals surface area contributed by atoms with Crippen molar-refractivity contribution in [2.75, 3.05) is 41.8 Å². The molecule has 1 aliphatic heterocycles. The minimum Gasteiger partial charge on any atom is -0.449 e. The SMILES string of the molecule is C[C@H](OC(=O)c1ccc(NC(=O)CC#N)cc1)C(=O)Nc1ccc(N2CCOCC2)cc1. The van der Waals surface area contributed by atoms with Crippen molar-refractivity contribution < 1.29 is 23.9 Å². The Bertz CT molecular complexity index is 993. The number of benzene rings is 2. The Balaban J connectivity index is 1.50. The van der Waals surface area contributed by atoms with Crippen molar-refractivity contribution in [2.45, 2.75) is 19.4 Å². The number of ether oxygens (including phenoxy) is 2. The minimum atomic E-state index is -1.00. The number of nitriles is 1. The molecule has 1 heterocycles. The Labute approximate surface area is 185 Å². The predicted octanol–water partition coefficient (Wildman–Crippen LogP) is 2.56. The zero-order chi connectivity index (χ0) is 22.9. The van der Waals surface area contributed by atoms with E-state index in [2.05, 4.69) is 15.5 Å². The van der Waals surface area contributed by atoms with Gasteiger partial charge in [0.2, 0.25) is 5.91 Å². The fourth-order valence-electron chi connectivity index (χ4n) is 3.07. The van der Waals surface area contributed by atoms with Gasteiger partial charge in [-0.15, -0.1) is 0 Å². The molecule has 0 aromatic heterocycles. The van der Waals surface area contributed by atoms with Crippen LogP contribution < -0.4 is 15.5 Å². The Morgan fingerprint density at radius 3 is 2.25 bits per heavy atom. The van der Waals surface area contributed by atoms with E-state index in [-0.39, 0.29) is 12.0 Å². The maximum Gasteiger partial charge on any atom is 0.338 e. The standard InChI is InChI=1S/C23H24N4O5/c1-16(32-23(30)17-2-4-18(5-3-17)25-21(28)10-11-24)22(29)26-19-6-8-20(9-7-19)27-12-14-31-15-13-27/h2-9,16H,10,12-15H2,1H3,(H,25,28)(H,26,29)/t16-/m0/s1. The molecular weight excluding hydrogens is 412 g/mol. The van der Waals surface area contributed by atoms with Crippen LogP contribution in [0.3, 0.4) is 0 Å². The molecule has 1 fully saturated rings. The lowest BCUT2D eigenvalue weighted by atomic mass is 10.2. The largest absolute Gasteiger partial charge is 0.449 e. The van der Waals surface area contributed by atoms with E-state index in [4.69, 9.17) is 14.7 Å². The fraction of sp³-hybridized carbons (Fsp3) is 0.304. The lowest BCUT2D eigenvalue weighted by molar-refractivity contribution is -0.123. The summed E-state index contributed by atoms with van der Waals surface area (Å²) in [5.41, 5.74) is 2.34. The summed E-state index contributed by atoms with van der Waals surface area (Å²) in [5.74, 6) is -1.55. The van der Waals surface area contributed by atoms with Crippen LogP contribution in [0.1, 0.15) is 23.7 Å². The summed E-state index contributed by atoms with van der Waals surface area (Å²) in [4.78, 5) is 38.4. The summed E-state index contributed by atoms with van der Waals surface area (Å²) >= 11 is 0. The number of rotatable bonds is 7. The average Bonchev–Trinajstić information content (AvgIpc) is 2.80. The Kier molecular flexibility index (Phi) is 7.78. The maximum atomic E-state index is 12.4. The van der Waals surface area contributed by atoms with E-state index in [0.717, 1.165) is 18.8 Å². The van der Waals surface area contributed by atoms with Crippen LogP contribution in [-0.2, 0) is 19.1 Å². The number of anilines is 3. The molecule has 9 nitrogen and oxygen atoms in total. The highest BCUT2D eigenvalue weighted by atomic mass is 16.5. The van der Waals surface area contributed by atoms with Gasteiger partial charge in [-0.1, -0.05) is 0 Å². The molecule has 2 aromatic rings. The van der Waals surface area contributed by atoms with Crippen LogP contribution >= 0.6 is 0 Å². The Morgan fingerprint density at radius 2 is 1.62 bits per heavy atom. The van der Waals surface area contributed by atoms with E-state index in [0.29, 0.717) is 24.6 Å². The van der Waals surface area contributed by atoms with E-state index in [1.165, 1.54) is 31.2 Å². The molecule has 3 rings (SSSR count). The molecule has 1 aliphatic rings. The molecule has 32 heavy (non-hydrogen) atoms. The number of hydrogen-bond donors (Lipinski definition) is 2. The number of hydrogen-bond acceptors (Lipinski definition) is 7. The third-order valence-electron chi connectivity index (χ3n) is 4.81. The molecule has 9 heteroatoms. The monoisotopic (exact) mass is 436 g/mol. The van der Waals surface area contributed by atoms with Gasteiger partial charge in [0.25, 0.3) is 5.91 Å². The number of esters is 1. The third kappa shape index (κ3) is 6.30. The summed E-state index contributed by atoms with van der Waals surface area (Å²) in [6.07, 6.45) is -1.26. The number of nitrogens with one attached hydrogen (secondary N) is 2. The zero-order valence-corrected chi connectivity index (χ0v) is 17.7. The summed E-state index contributed by atoms with van der Waals surface area (Å²) < 4.78 is 10.6. The van der Waals surface area contributed by atoms with Crippen molar-refractivity contribution >= 4 is 34.8 Å². The average molecular weight is 436 g/mol. The predicted molar refractivity (Wildman–Crippen MR) is 118 cm³/mol. The fourth-order valence-corrected chi connectivity index (χ4v) is 3.07. The van der Waals surface area contributed by atoms with E-state index in [9.17, 15) is 14.4 Å². The van der Waals surface area contributed by atoms with E-state index in [1.54, 1.807) is 18.2 Å². The van der Waals surface area contributed by atoms with Crippen LogP contribution in [0, 0.1) is 11.3 Å².